The Bertz CT molecular complexity index is 599. The minimum Gasteiger partial charge on any atom is -0.393 e. The van der Waals surface area contributed by atoms with Gasteiger partial charge in [0.25, 0.3) is 0 Å². The van der Waals surface area contributed by atoms with Gasteiger partial charge in [0.2, 0.25) is 0 Å². The van der Waals surface area contributed by atoms with E-state index in [1.165, 1.54) is 0 Å². The number of carbonyl (C=O) groups is 2. The van der Waals surface area contributed by atoms with Crippen LogP contribution in [0, 0.1) is 11.8 Å². The van der Waals surface area contributed by atoms with E-state index in [4.69, 9.17) is 0 Å². The SMILES string of the molecule is CC(C)NC(=O)N1C[C@@H]2CC(O)C[C@]2(NN[C@]23CNC[C@H]2CC(=O)C3)C1. The van der Waals surface area contributed by atoms with Crippen LogP contribution in [-0.2, 0) is 4.79 Å². The van der Waals surface area contributed by atoms with Gasteiger partial charge in [-0.2, -0.15) is 0 Å². The molecule has 2 heterocycles. The Kier molecular flexibility index (Phi) is 4.50. The minimum absolute atomic E-state index is 0.0420. The van der Waals surface area contributed by atoms with Crippen LogP contribution in [0.3, 0.4) is 0 Å². The molecule has 26 heavy (non-hydrogen) atoms. The summed E-state index contributed by atoms with van der Waals surface area (Å²) in [7, 11) is 0. The van der Waals surface area contributed by atoms with Crippen LogP contribution >= 0.6 is 0 Å². The fraction of sp³-hybridized carbons (Fsp3) is 0.889. The lowest BCUT2D eigenvalue weighted by molar-refractivity contribution is -0.118. The van der Waals surface area contributed by atoms with Crippen molar-refractivity contribution in [2.24, 2.45) is 11.8 Å². The highest BCUT2D eigenvalue weighted by Crippen LogP contribution is 2.43. The summed E-state index contributed by atoms with van der Waals surface area (Å²) >= 11 is 0. The predicted octanol–water partition coefficient (Wildman–Crippen LogP) is -0.655. The third-order valence-electron chi connectivity index (χ3n) is 6.71. The Morgan fingerprint density at radius 3 is 2.85 bits per heavy atom. The molecular weight excluding hydrogens is 334 g/mol. The number of aliphatic hydroxyl groups excluding tert-OH is 1. The van der Waals surface area contributed by atoms with Crippen LogP contribution in [0.4, 0.5) is 4.79 Å². The fourth-order valence-electron chi connectivity index (χ4n) is 5.45. The lowest BCUT2D eigenvalue weighted by Gasteiger charge is -2.37. The maximum absolute atomic E-state index is 12.4. The summed E-state index contributed by atoms with van der Waals surface area (Å²) in [4.78, 5) is 26.3. The van der Waals surface area contributed by atoms with E-state index in [0.29, 0.717) is 50.5 Å². The number of likely N-dealkylation sites (tertiary alicyclic amines) is 1. The first kappa shape index (κ1) is 18.2. The Hall–Kier alpha value is -1.22. The van der Waals surface area contributed by atoms with Crippen molar-refractivity contribution in [3.8, 4) is 0 Å². The third kappa shape index (κ3) is 3.02. The molecule has 0 bridgehead atoms. The molecule has 8 heteroatoms. The standard InChI is InChI=1S/C18H31N5O3/c1-11(2)20-16(26)23-8-13-4-15(25)6-18(13,10-23)22-21-17-5-14(24)3-12(17)7-19-9-17/h11-13,15,19,21-22,25H,3-10H2,1-2H3,(H,20,26)/t12-,13+,15?,17-,18+/m1/s1. The molecule has 4 fully saturated rings. The Morgan fingerprint density at radius 2 is 2.08 bits per heavy atom. The molecule has 1 unspecified atom stereocenters. The normalized spacial score (nSPS) is 41.8. The van der Waals surface area contributed by atoms with E-state index >= 15 is 0 Å². The van der Waals surface area contributed by atoms with Gasteiger partial charge in [0.05, 0.1) is 17.2 Å². The van der Waals surface area contributed by atoms with Crippen LogP contribution in [0.2, 0.25) is 0 Å². The van der Waals surface area contributed by atoms with Crippen LogP contribution in [0.1, 0.15) is 39.5 Å². The number of nitrogens with one attached hydrogen (secondary N) is 4. The van der Waals surface area contributed by atoms with Crippen molar-refractivity contribution in [2.75, 3.05) is 26.2 Å². The molecule has 0 spiro atoms. The number of urea groups is 1. The van der Waals surface area contributed by atoms with Crippen LogP contribution in [0.25, 0.3) is 0 Å². The fourth-order valence-corrected chi connectivity index (χ4v) is 5.45. The number of rotatable bonds is 4. The lowest BCUT2D eigenvalue weighted by atomic mass is 9.89. The minimum atomic E-state index is -0.343. The van der Waals surface area contributed by atoms with Gasteiger partial charge in [-0.05, 0) is 32.6 Å². The second-order valence-electron chi connectivity index (χ2n) is 9.08. The Balaban J connectivity index is 1.46. The van der Waals surface area contributed by atoms with Crippen LogP contribution < -0.4 is 21.5 Å². The lowest BCUT2D eigenvalue weighted by Crippen LogP contribution is -2.64. The molecule has 146 valence electrons. The first-order chi connectivity index (χ1) is 12.3. The quantitative estimate of drug-likeness (QED) is 0.424. The van der Waals surface area contributed by atoms with E-state index in [1.807, 2.05) is 18.7 Å². The molecule has 4 rings (SSSR count). The van der Waals surface area contributed by atoms with Crippen molar-refractivity contribution in [1.82, 2.24) is 26.4 Å². The van der Waals surface area contributed by atoms with Crippen molar-refractivity contribution in [1.29, 1.82) is 0 Å². The van der Waals surface area contributed by atoms with Gasteiger partial charge in [0.1, 0.15) is 5.78 Å². The third-order valence-corrected chi connectivity index (χ3v) is 6.71. The van der Waals surface area contributed by atoms with E-state index in [-0.39, 0.29) is 35.2 Å². The predicted molar refractivity (Wildman–Crippen MR) is 96.3 cm³/mol. The number of aliphatic hydroxyl groups is 1. The maximum atomic E-state index is 12.4. The zero-order valence-corrected chi connectivity index (χ0v) is 15.7. The number of Topliss-reactive ketones (excluding diaryl/α,β-unsaturated/α-hetero) is 1. The summed E-state index contributed by atoms with van der Waals surface area (Å²) in [6, 6.07) is 0.0592. The van der Waals surface area contributed by atoms with E-state index < -0.39 is 0 Å². The zero-order valence-electron chi connectivity index (χ0n) is 15.7. The average molecular weight is 365 g/mol. The summed E-state index contributed by atoms with van der Waals surface area (Å²) < 4.78 is 0. The smallest absolute Gasteiger partial charge is 0.317 e. The topological polar surface area (TPSA) is 106 Å². The molecule has 4 aliphatic rings. The molecule has 2 saturated carbocycles. The van der Waals surface area contributed by atoms with Gasteiger partial charge in [-0.1, -0.05) is 0 Å². The van der Waals surface area contributed by atoms with Crippen molar-refractivity contribution < 1.29 is 14.7 Å². The summed E-state index contributed by atoms with van der Waals surface area (Å²) in [6.07, 6.45) is 2.15. The average Bonchev–Trinajstić information content (AvgIpc) is 3.21. The van der Waals surface area contributed by atoms with E-state index in [2.05, 4.69) is 21.5 Å². The number of carbonyl (C=O) groups excluding carboxylic acids is 2. The van der Waals surface area contributed by atoms with E-state index in [9.17, 15) is 14.7 Å². The molecule has 0 aromatic carbocycles. The van der Waals surface area contributed by atoms with E-state index in [0.717, 1.165) is 13.1 Å². The second kappa shape index (κ2) is 6.44. The van der Waals surface area contributed by atoms with Gasteiger partial charge in [0, 0.05) is 51.0 Å². The van der Waals surface area contributed by atoms with Crippen LogP contribution in [-0.4, -0.2) is 71.2 Å². The highest BCUT2D eigenvalue weighted by atomic mass is 16.3. The van der Waals surface area contributed by atoms with Gasteiger partial charge in [-0.15, -0.1) is 0 Å². The number of amides is 2. The first-order valence-corrected chi connectivity index (χ1v) is 9.82. The van der Waals surface area contributed by atoms with Crippen molar-refractivity contribution in [3.63, 3.8) is 0 Å². The first-order valence-electron chi connectivity index (χ1n) is 9.82. The molecule has 2 saturated heterocycles. The Morgan fingerprint density at radius 1 is 1.31 bits per heavy atom. The van der Waals surface area contributed by atoms with Gasteiger partial charge in [-0.25, -0.2) is 15.6 Å². The van der Waals surface area contributed by atoms with Gasteiger partial charge >= 0.3 is 6.03 Å². The number of hydrogen-bond donors (Lipinski definition) is 5. The highest BCUT2D eigenvalue weighted by molar-refractivity contribution is 5.83. The Labute approximate surface area is 154 Å². The molecule has 2 aliphatic carbocycles. The molecule has 5 atom stereocenters. The van der Waals surface area contributed by atoms with Gasteiger partial charge in [0.15, 0.2) is 0 Å². The molecule has 2 amide bonds. The molecular formula is C18H31N5O3. The van der Waals surface area contributed by atoms with Gasteiger partial charge in [-0.3, -0.25) is 4.79 Å². The maximum Gasteiger partial charge on any atom is 0.317 e. The van der Waals surface area contributed by atoms with E-state index in [1.54, 1.807) is 0 Å². The summed E-state index contributed by atoms with van der Waals surface area (Å²) in [5.74, 6) is 0.838. The van der Waals surface area contributed by atoms with Crippen molar-refractivity contribution in [2.45, 2.75) is 62.8 Å². The van der Waals surface area contributed by atoms with Crippen LogP contribution in [0.15, 0.2) is 0 Å². The summed E-state index contributed by atoms with van der Waals surface area (Å²) in [5.41, 5.74) is 6.47. The molecule has 8 nitrogen and oxygen atoms in total. The van der Waals surface area contributed by atoms with Crippen molar-refractivity contribution in [3.05, 3.63) is 0 Å². The number of hydrogen-bond acceptors (Lipinski definition) is 6. The number of fused-ring (bicyclic) bond motifs is 2. The molecule has 0 aromatic heterocycles. The number of ketones is 1. The molecule has 0 aromatic rings. The van der Waals surface area contributed by atoms with Crippen molar-refractivity contribution >= 4 is 11.8 Å². The molecule has 0 radical (unpaired) electrons. The highest BCUT2D eigenvalue weighted by Gasteiger charge is 2.56. The summed E-state index contributed by atoms with van der Waals surface area (Å²) in [5, 5.41) is 16.6. The monoisotopic (exact) mass is 365 g/mol. The number of hydrazine groups is 1. The molecule has 5 N–H and O–H groups in total. The zero-order chi connectivity index (χ0) is 18.5. The summed E-state index contributed by atoms with van der Waals surface area (Å²) in [6.45, 7) is 6.77. The number of nitrogens with zero attached hydrogens (tertiary/aromatic N) is 1. The van der Waals surface area contributed by atoms with Crippen LogP contribution in [0.5, 0.6) is 0 Å². The second-order valence-corrected chi connectivity index (χ2v) is 9.08. The largest absolute Gasteiger partial charge is 0.393 e. The van der Waals surface area contributed by atoms with Gasteiger partial charge < -0.3 is 20.6 Å². The molecule has 2 aliphatic heterocycles.